The van der Waals surface area contributed by atoms with Gasteiger partial charge in [0, 0.05) is 44.0 Å². The van der Waals surface area contributed by atoms with Gasteiger partial charge in [-0.3, -0.25) is 4.79 Å². The highest BCUT2D eigenvalue weighted by atomic mass is 19.1. The van der Waals surface area contributed by atoms with E-state index in [1.54, 1.807) is 12.1 Å². The van der Waals surface area contributed by atoms with Crippen molar-refractivity contribution in [2.24, 2.45) is 5.92 Å². The lowest BCUT2D eigenvalue weighted by Gasteiger charge is -2.32. The van der Waals surface area contributed by atoms with Crippen molar-refractivity contribution in [2.75, 3.05) is 29.9 Å². The molecule has 0 unspecified atom stereocenters. The van der Waals surface area contributed by atoms with Crippen LogP contribution in [0.4, 0.5) is 15.8 Å². The van der Waals surface area contributed by atoms with Crippen molar-refractivity contribution in [3.63, 3.8) is 0 Å². The molecule has 0 spiro atoms. The van der Waals surface area contributed by atoms with Gasteiger partial charge in [-0.1, -0.05) is 19.1 Å². The quantitative estimate of drug-likeness (QED) is 0.720. The van der Waals surface area contributed by atoms with Crippen molar-refractivity contribution in [1.29, 1.82) is 0 Å². The van der Waals surface area contributed by atoms with E-state index in [0.717, 1.165) is 30.3 Å². The number of anilines is 2. The van der Waals surface area contributed by atoms with E-state index in [-0.39, 0.29) is 11.7 Å². The summed E-state index contributed by atoms with van der Waals surface area (Å²) in [5.41, 5.74) is 3.05. The Morgan fingerprint density at radius 3 is 2.41 bits per heavy atom. The van der Waals surface area contributed by atoms with Gasteiger partial charge in [-0.2, -0.15) is 0 Å². The van der Waals surface area contributed by atoms with Gasteiger partial charge in [0.1, 0.15) is 5.82 Å². The Morgan fingerprint density at radius 1 is 1.07 bits per heavy atom. The second-order valence-electron chi connectivity index (χ2n) is 7.32. The summed E-state index contributed by atoms with van der Waals surface area (Å²) in [5.74, 6) is 0.566. The minimum absolute atomic E-state index is 0.0128. The highest BCUT2D eigenvalue weighted by Gasteiger charge is 2.15. The molecule has 2 N–H and O–H groups in total. The lowest BCUT2D eigenvalue weighted by molar-refractivity contribution is -0.116. The Morgan fingerprint density at radius 2 is 1.74 bits per heavy atom. The minimum atomic E-state index is -0.237. The molecule has 4 nitrogen and oxygen atoms in total. The molecule has 144 valence electrons. The van der Waals surface area contributed by atoms with E-state index >= 15 is 0 Å². The number of carbonyl (C=O) groups excluding carboxylic acids is 1. The number of amides is 1. The number of nitrogens with one attached hydrogen (secondary N) is 2. The molecule has 0 radical (unpaired) electrons. The number of hydrogen-bond acceptors (Lipinski definition) is 3. The van der Waals surface area contributed by atoms with Crippen molar-refractivity contribution in [3.05, 3.63) is 59.9 Å². The van der Waals surface area contributed by atoms with Crippen molar-refractivity contribution < 1.29 is 9.18 Å². The SMILES string of the molecule is CC1CCN(c2ccc(NC(=O)CCNCc3ccc(F)cc3)cc2)CC1. The van der Waals surface area contributed by atoms with Crippen molar-refractivity contribution >= 4 is 17.3 Å². The summed E-state index contributed by atoms with van der Waals surface area (Å²) in [7, 11) is 0. The molecule has 5 heteroatoms. The van der Waals surface area contributed by atoms with E-state index in [4.69, 9.17) is 0 Å². The largest absolute Gasteiger partial charge is 0.372 e. The van der Waals surface area contributed by atoms with Crippen LogP contribution in [0.3, 0.4) is 0 Å². The molecule has 1 amide bonds. The predicted octanol–water partition coefficient (Wildman–Crippen LogP) is 4.18. The summed E-state index contributed by atoms with van der Waals surface area (Å²) in [4.78, 5) is 14.5. The van der Waals surface area contributed by atoms with Gasteiger partial charge in [-0.15, -0.1) is 0 Å². The maximum absolute atomic E-state index is 12.9. The van der Waals surface area contributed by atoms with Crippen molar-refractivity contribution in [1.82, 2.24) is 5.32 Å². The van der Waals surface area contributed by atoms with Crippen molar-refractivity contribution in [3.8, 4) is 0 Å². The Hall–Kier alpha value is -2.40. The third kappa shape index (κ3) is 6.07. The standard InChI is InChI=1S/C22H28FN3O/c1-17-11-14-26(15-12-17)21-8-6-20(7-9-21)25-22(27)10-13-24-16-18-2-4-19(23)5-3-18/h2-9,17,24H,10-16H2,1H3,(H,25,27). The zero-order valence-corrected chi connectivity index (χ0v) is 15.9. The molecule has 0 atom stereocenters. The average molecular weight is 369 g/mol. The average Bonchev–Trinajstić information content (AvgIpc) is 2.68. The molecule has 3 rings (SSSR count). The molecule has 2 aromatic carbocycles. The zero-order chi connectivity index (χ0) is 19.1. The Bertz CT molecular complexity index is 722. The van der Waals surface area contributed by atoms with Gasteiger partial charge in [-0.05, 0) is 60.7 Å². The van der Waals surface area contributed by atoms with Crippen LogP contribution in [-0.4, -0.2) is 25.5 Å². The van der Waals surface area contributed by atoms with E-state index in [9.17, 15) is 9.18 Å². The maximum atomic E-state index is 12.9. The summed E-state index contributed by atoms with van der Waals surface area (Å²) in [6.07, 6.45) is 2.87. The number of halogens is 1. The predicted molar refractivity (Wildman–Crippen MR) is 108 cm³/mol. The van der Waals surface area contributed by atoms with Gasteiger partial charge < -0.3 is 15.5 Å². The number of nitrogens with zero attached hydrogens (tertiary/aromatic N) is 1. The third-order valence-corrected chi connectivity index (χ3v) is 5.07. The first-order valence-electron chi connectivity index (χ1n) is 9.70. The van der Waals surface area contributed by atoms with Crippen LogP contribution in [0.2, 0.25) is 0 Å². The zero-order valence-electron chi connectivity index (χ0n) is 15.9. The molecular weight excluding hydrogens is 341 g/mol. The van der Waals surface area contributed by atoms with Gasteiger partial charge >= 0.3 is 0 Å². The van der Waals surface area contributed by atoms with Crippen molar-refractivity contribution in [2.45, 2.75) is 32.7 Å². The lowest BCUT2D eigenvalue weighted by atomic mass is 9.99. The molecule has 2 aromatic rings. The minimum Gasteiger partial charge on any atom is -0.372 e. The Kier molecular flexibility index (Phi) is 6.82. The molecule has 0 bridgehead atoms. The highest BCUT2D eigenvalue weighted by Crippen LogP contribution is 2.24. The van der Waals surface area contributed by atoms with Crippen LogP contribution in [0.15, 0.2) is 48.5 Å². The van der Waals surface area contributed by atoms with Gasteiger partial charge in [0.05, 0.1) is 0 Å². The first-order chi connectivity index (χ1) is 13.1. The molecule has 1 heterocycles. The van der Waals surface area contributed by atoms with Crippen LogP contribution in [0.1, 0.15) is 31.7 Å². The van der Waals surface area contributed by atoms with Crippen LogP contribution >= 0.6 is 0 Å². The molecule has 0 saturated carbocycles. The van der Waals surface area contributed by atoms with Crippen LogP contribution in [0, 0.1) is 11.7 Å². The molecule has 0 aromatic heterocycles. The monoisotopic (exact) mass is 369 g/mol. The van der Waals surface area contributed by atoms with E-state index in [1.807, 2.05) is 12.1 Å². The normalized spacial score (nSPS) is 15.0. The topological polar surface area (TPSA) is 44.4 Å². The van der Waals surface area contributed by atoms with Gasteiger partial charge in [0.15, 0.2) is 0 Å². The van der Waals surface area contributed by atoms with Crippen LogP contribution in [0.5, 0.6) is 0 Å². The van der Waals surface area contributed by atoms with E-state index in [2.05, 4.69) is 34.6 Å². The maximum Gasteiger partial charge on any atom is 0.225 e. The van der Waals surface area contributed by atoms with E-state index in [0.29, 0.717) is 19.5 Å². The van der Waals surface area contributed by atoms with E-state index in [1.165, 1.54) is 30.7 Å². The van der Waals surface area contributed by atoms with Gasteiger partial charge in [0.2, 0.25) is 5.91 Å². The van der Waals surface area contributed by atoms with Crippen LogP contribution in [-0.2, 0) is 11.3 Å². The lowest BCUT2D eigenvalue weighted by Crippen LogP contribution is -2.32. The second kappa shape index (κ2) is 9.51. The molecule has 1 aliphatic heterocycles. The second-order valence-corrected chi connectivity index (χ2v) is 7.32. The molecular formula is C22H28FN3O. The Balaban J connectivity index is 1.38. The fraction of sp³-hybridized carbons (Fsp3) is 0.409. The van der Waals surface area contributed by atoms with Gasteiger partial charge in [0.25, 0.3) is 0 Å². The number of hydrogen-bond donors (Lipinski definition) is 2. The first kappa shape index (κ1) is 19.4. The summed E-state index contributed by atoms with van der Waals surface area (Å²) >= 11 is 0. The molecule has 1 aliphatic rings. The summed E-state index contributed by atoms with van der Waals surface area (Å²) in [6.45, 7) is 5.72. The Labute approximate surface area is 160 Å². The molecule has 27 heavy (non-hydrogen) atoms. The highest BCUT2D eigenvalue weighted by molar-refractivity contribution is 5.91. The first-order valence-corrected chi connectivity index (χ1v) is 9.70. The number of rotatable bonds is 7. The number of benzene rings is 2. The van der Waals surface area contributed by atoms with Gasteiger partial charge in [-0.25, -0.2) is 4.39 Å². The number of piperidine rings is 1. The molecule has 1 saturated heterocycles. The van der Waals surface area contributed by atoms with E-state index < -0.39 is 0 Å². The summed E-state index contributed by atoms with van der Waals surface area (Å²) in [6, 6.07) is 14.5. The number of carbonyl (C=O) groups is 1. The molecule has 0 aliphatic carbocycles. The fourth-order valence-corrected chi connectivity index (χ4v) is 3.28. The third-order valence-electron chi connectivity index (χ3n) is 5.07. The van der Waals surface area contributed by atoms with Crippen LogP contribution < -0.4 is 15.5 Å². The summed E-state index contributed by atoms with van der Waals surface area (Å²) < 4.78 is 12.9. The summed E-state index contributed by atoms with van der Waals surface area (Å²) in [5, 5.41) is 6.14. The molecule has 1 fully saturated rings. The smallest absolute Gasteiger partial charge is 0.225 e. The fourth-order valence-electron chi connectivity index (χ4n) is 3.28. The van der Waals surface area contributed by atoms with Crippen LogP contribution in [0.25, 0.3) is 0 Å².